The van der Waals surface area contributed by atoms with Crippen LogP contribution in [0.5, 0.6) is 0 Å². The van der Waals surface area contributed by atoms with Gasteiger partial charge in [-0.05, 0) is 110 Å². The molecular formula is C40H66N4O7. The molecule has 51 heavy (non-hydrogen) atoms. The van der Waals surface area contributed by atoms with E-state index in [1.165, 1.54) is 0 Å². The van der Waals surface area contributed by atoms with Crippen LogP contribution in [0.2, 0.25) is 0 Å². The molecule has 0 unspecified atom stereocenters. The Hall–Kier alpha value is -4.12. The number of carbonyl (C=O) groups excluding carboxylic acids is 3. The summed E-state index contributed by atoms with van der Waals surface area (Å²) in [7, 11) is 0. The maximum Gasteiger partial charge on any atom is 0.408 e. The summed E-state index contributed by atoms with van der Waals surface area (Å²) in [4.78, 5) is 47.3. The number of carboxylic acid groups (broad SMARTS) is 1. The smallest absolute Gasteiger partial charge is 0.408 e. The molecule has 0 saturated heterocycles. The van der Waals surface area contributed by atoms with Crippen molar-refractivity contribution >= 4 is 24.1 Å². The lowest BCUT2D eigenvalue weighted by molar-refractivity contribution is -0.139. The predicted molar refractivity (Wildman–Crippen MR) is 204 cm³/mol. The molecule has 0 aliphatic carbocycles. The Morgan fingerprint density at radius 3 is 1.37 bits per heavy atom. The van der Waals surface area contributed by atoms with Gasteiger partial charge in [0.15, 0.2) is 0 Å². The number of benzene rings is 2. The third-order valence-corrected chi connectivity index (χ3v) is 6.89. The van der Waals surface area contributed by atoms with Gasteiger partial charge in [0.2, 0.25) is 5.91 Å². The van der Waals surface area contributed by atoms with E-state index in [-0.39, 0.29) is 5.91 Å². The predicted octanol–water partition coefficient (Wildman–Crippen LogP) is 7.26. The second-order valence-electron chi connectivity index (χ2n) is 15.2. The minimum atomic E-state index is -1.06. The van der Waals surface area contributed by atoms with Crippen molar-refractivity contribution in [1.29, 1.82) is 0 Å². The zero-order valence-corrected chi connectivity index (χ0v) is 32.7. The Morgan fingerprint density at radius 2 is 1.04 bits per heavy atom. The number of rotatable bonds is 15. The molecule has 0 heterocycles. The van der Waals surface area contributed by atoms with Gasteiger partial charge in [-0.15, -0.1) is 0 Å². The summed E-state index contributed by atoms with van der Waals surface area (Å²) in [6, 6.07) is 17.9. The largest absolute Gasteiger partial charge is 0.480 e. The van der Waals surface area contributed by atoms with Gasteiger partial charge < -0.3 is 36.3 Å². The van der Waals surface area contributed by atoms with Crippen molar-refractivity contribution in [2.45, 2.75) is 131 Å². The van der Waals surface area contributed by atoms with Crippen LogP contribution in [0.4, 0.5) is 9.59 Å². The molecule has 0 aliphatic heterocycles. The summed E-state index contributed by atoms with van der Waals surface area (Å²) >= 11 is 0. The second-order valence-corrected chi connectivity index (χ2v) is 15.2. The van der Waals surface area contributed by atoms with Crippen LogP contribution < -0.4 is 21.7 Å². The first-order chi connectivity index (χ1) is 23.7. The van der Waals surface area contributed by atoms with Crippen LogP contribution in [0.1, 0.15) is 106 Å². The van der Waals surface area contributed by atoms with E-state index in [4.69, 9.17) is 20.3 Å². The molecule has 0 bridgehead atoms. The fourth-order valence-electron chi connectivity index (χ4n) is 4.28. The van der Waals surface area contributed by atoms with E-state index in [0.717, 1.165) is 36.4 Å². The average molecular weight is 715 g/mol. The molecule has 288 valence electrons. The van der Waals surface area contributed by atoms with Gasteiger partial charge >= 0.3 is 18.2 Å². The van der Waals surface area contributed by atoms with E-state index in [2.05, 4.69) is 43.6 Å². The molecule has 11 nitrogen and oxygen atoms in total. The van der Waals surface area contributed by atoms with Crippen molar-refractivity contribution in [3.63, 3.8) is 0 Å². The first-order valence-corrected chi connectivity index (χ1v) is 18.0. The molecule has 0 spiro atoms. The normalized spacial score (nSPS) is 12.3. The number of nitrogens with one attached hydrogen (secondary N) is 3. The van der Waals surface area contributed by atoms with Gasteiger partial charge in [0.05, 0.1) is 0 Å². The van der Waals surface area contributed by atoms with E-state index in [9.17, 15) is 19.2 Å². The summed E-state index contributed by atoms with van der Waals surface area (Å²) in [6.45, 7) is 20.6. The Bertz CT molecular complexity index is 1260. The molecule has 11 heteroatoms. The molecule has 2 rings (SSSR count). The van der Waals surface area contributed by atoms with Crippen molar-refractivity contribution < 1.29 is 33.8 Å². The van der Waals surface area contributed by atoms with Crippen molar-refractivity contribution in [2.24, 2.45) is 17.6 Å². The molecule has 0 aliphatic rings. The van der Waals surface area contributed by atoms with Gasteiger partial charge in [-0.3, -0.25) is 4.79 Å². The monoisotopic (exact) mass is 714 g/mol. The highest BCUT2D eigenvalue weighted by Crippen LogP contribution is 2.11. The highest BCUT2D eigenvalue weighted by atomic mass is 16.6. The molecule has 2 aromatic rings. The first kappa shape index (κ1) is 46.9. The molecule has 2 atom stereocenters. The molecule has 0 saturated carbocycles. The number of carbonyl (C=O) groups is 4. The second kappa shape index (κ2) is 24.9. The lowest BCUT2D eigenvalue weighted by Crippen LogP contribution is -2.48. The van der Waals surface area contributed by atoms with Crippen LogP contribution in [0, 0.1) is 11.8 Å². The lowest BCUT2D eigenvalue weighted by Gasteiger charge is -2.23. The number of aliphatic carboxylic acids is 1. The van der Waals surface area contributed by atoms with E-state index in [0.29, 0.717) is 38.1 Å². The van der Waals surface area contributed by atoms with E-state index >= 15 is 0 Å². The van der Waals surface area contributed by atoms with Crippen LogP contribution >= 0.6 is 0 Å². The number of hydrogen-bond acceptors (Lipinski definition) is 7. The van der Waals surface area contributed by atoms with Crippen molar-refractivity contribution in [3.8, 4) is 0 Å². The standard InChI is InChI=1S/C20H32N2O3.C15H21NO4.C5H13N/c1-15(2)13-14-21-18(23)17(22-19(24)25-20(3,4)5)12-11-16-9-7-6-8-10-16;1-15(2,3)20-14(19)16-12(13(17)18)10-9-11-7-5-4-6-8-11;1-5(2)3-4-6/h6-10,15,17H,11-14H2,1-5H3,(H,21,23)(H,22,24);4-8,12H,9-10H2,1-3H3,(H,16,19)(H,17,18);5H,3-4,6H2,1-2H3/t17-;12-;/m00./s1. The maximum absolute atomic E-state index is 12.5. The first-order valence-electron chi connectivity index (χ1n) is 18.0. The molecule has 3 amide bonds. The molecule has 0 fully saturated rings. The van der Waals surface area contributed by atoms with E-state index in [1.54, 1.807) is 41.5 Å². The average Bonchev–Trinajstić information content (AvgIpc) is 3.00. The lowest BCUT2D eigenvalue weighted by atomic mass is 10.0. The summed E-state index contributed by atoms with van der Waals surface area (Å²) in [5.41, 5.74) is 6.15. The number of aryl methyl sites for hydroxylation is 2. The molecular weight excluding hydrogens is 648 g/mol. The number of amides is 3. The third-order valence-electron chi connectivity index (χ3n) is 6.89. The molecule has 0 radical (unpaired) electrons. The zero-order chi connectivity index (χ0) is 39.0. The Balaban J connectivity index is 0.000000859. The quantitative estimate of drug-likeness (QED) is 0.128. The third kappa shape index (κ3) is 27.3. The van der Waals surface area contributed by atoms with Gasteiger partial charge in [0.25, 0.3) is 0 Å². The highest BCUT2D eigenvalue weighted by molar-refractivity contribution is 5.85. The Kier molecular flexibility index (Phi) is 22.9. The van der Waals surface area contributed by atoms with Crippen LogP contribution in [-0.2, 0) is 31.9 Å². The molecule has 2 aromatic carbocycles. The van der Waals surface area contributed by atoms with Gasteiger partial charge in [-0.25, -0.2) is 14.4 Å². The van der Waals surface area contributed by atoms with Crippen LogP contribution in [0.25, 0.3) is 0 Å². The maximum atomic E-state index is 12.5. The topological polar surface area (TPSA) is 169 Å². The molecule has 6 N–H and O–H groups in total. The number of alkyl carbamates (subject to hydrolysis) is 2. The zero-order valence-electron chi connectivity index (χ0n) is 32.7. The Labute approximate surface area is 306 Å². The van der Waals surface area contributed by atoms with Gasteiger partial charge in [-0.2, -0.15) is 0 Å². The van der Waals surface area contributed by atoms with Gasteiger partial charge in [0, 0.05) is 6.54 Å². The summed E-state index contributed by atoms with van der Waals surface area (Å²) in [5, 5.41) is 17.1. The van der Waals surface area contributed by atoms with Crippen molar-refractivity contribution in [1.82, 2.24) is 16.0 Å². The fourth-order valence-corrected chi connectivity index (χ4v) is 4.28. The summed E-state index contributed by atoms with van der Waals surface area (Å²) < 4.78 is 10.3. The van der Waals surface area contributed by atoms with Crippen LogP contribution in [0.3, 0.4) is 0 Å². The van der Waals surface area contributed by atoms with Crippen LogP contribution in [-0.4, -0.2) is 65.5 Å². The highest BCUT2D eigenvalue weighted by Gasteiger charge is 2.25. The van der Waals surface area contributed by atoms with Crippen molar-refractivity contribution in [2.75, 3.05) is 13.1 Å². The number of ether oxygens (including phenoxy) is 2. The SMILES string of the molecule is CC(C)(C)OC(=O)N[C@@H](CCc1ccccc1)C(=O)O.CC(C)CCN.CC(C)CCNC(=O)[C@H](CCc1ccccc1)NC(=O)OC(C)(C)C. The van der Waals surface area contributed by atoms with Crippen molar-refractivity contribution in [3.05, 3.63) is 71.8 Å². The number of carboxylic acids is 1. The Morgan fingerprint density at radius 1 is 0.647 bits per heavy atom. The minimum Gasteiger partial charge on any atom is -0.480 e. The van der Waals surface area contributed by atoms with Crippen LogP contribution in [0.15, 0.2) is 60.7 Å². The minimum absolute atomic E-state index is 0.164. The van der Waals surface area contributed by atoms with E-state index < -0.39 is 41.4 Å². The van der Waals surface area contributed by atoms with Gasteiger partial charge in [-0.1, -0.05) is 88.4 Å². The number of nitrogens with two attached hydrogens (primary N) is 1. The van der Waals surface area contributed by atoms with E-state index in [1.807, 2.05) is 60.7 Å². The molecule has 0 aromatic heterocycles. The summed E-state index contributed by atoms with van der Waals surface area (Å²) in [6.07, 6.45) is 2.91. The summed E-state index contributed by atoms with van der Waals surface area (Å²) in [5.74, 6) is 0.0612. The fraction of sp³-hybridized carbons (Fsp3) is 0.600. The van der Waals surface area contributed by atoms with Gasteiger partial charge in [0.1, 0.15) is 23.3 Å². The number of hydrogen-bond donors (Lipinski definition) is 5.